The predicted octanol–water partition coefficient (Wildman–Crippen LogP) is 12.6. The number of nitrogens with zero attached hydrogens (tertiary/aromatic N) is 5. The number of Topliss-reactive ketones (excluding diaryl/α,β-unsaturated/α-hetero) is 1. The Kier molecular flexibility index (Phi) is 30.2. The van der Waals surface area contributed by atoms with Crippen LogP contribution in [0.15, 0.2) is 169 Å². The number of carbonyl (C=O) groups excluding carboxylic acids is 6. The number of nitrogens with two attached hydrogens (primary N) is 3. The maximum atomic E-state index is 12.5. The Balaban J connectivity index is 0.000000293. The van der Waals surface area contributed by atoms with E-state index in [9.17, 15) is 28.8 Å². The highest BCUT2D eigenvalue weighted by Crippen LogP contribution is 2.31. The maximum absolute atomic E-state index is 12.5. The summed E-state index contributed by atoms with van der Waals surface area (Å²) in [6.07, 6.45) is 1.25. The smallest absolute Gasteiger partial charge is 0.338 e. The van der Waals surface area contributed by atoms with Gasteiger partial charge in [0.1, 0.15) is 21.4 Å². The average molecular weight is 1220 g/mol. The van der Waals surface area contributed by atoms with Crippen LogP contribution in [0.25, 0.3) is 0 Å². The second-order valence-corrected chi connectivity index (χ2v) is 18.2. The number of halogens is 1. The number of benzene rings is 6. The first-order chi connectivity index (χ1) is 39.6. The van der Waals surface area contributed by atoms with E-state index >= 15 is 0 Å². The second kappa shape index (κ2) is 37.2. The summed E-state index contributed by atoms with van der Waals surface area (Å²) in [6.45, 7) is 7.75. The molecule has 0 bridgehead atoms. The van der Waals surface area contributed by atoms with Crippen molar-refractivity contribution in [2.75, 3.05) is 47.3 Å². The van der Waals surface area contributed by atoms with Gasteiger partial charge in [0.05, 0.1) is 58.8 Å². The number of carbonyl (C=O) groups is 6. The maximum Gasteiger partial charge on any atom is 0.338 e. The third-order valence-corrected chi connectivity index (χ3v) is 12.4. The number of anilines is 6. The molecule has 8 N–H and O–H groups in total. The molecule has 0 amide bonds. The number of ketones is 3. The summed E-state index contributed by atoms with van der Waals surface area (Å²) >= 11 is 9.93. The molecule has 82 heavy (non-hydrogen) atoms. The predicted molar refractivity (Wildman–Crippen MR) is 327 cm³/mol. The van der Waals surface area contributed by atoms with Gasteiger partial charge in [-0.1, -0.05) is 130 Å². The summed E-state index contributed by atoms with van der Waals surface area (Å²) in [5, 5.41) is 24.3. The van der Waals surface area contributed by atoms with Gasteiger partial charge < -0.3 is 42.0 Å². The molecule has 0 aliphatic rings. The minimum absolute atomic E-state index is 0.126. The first kappa shape index (κ1) is 66.5. The van der Waals surface area contributed by atoms with Crippen LogP contribution in [0.2, 0.25) is 0 Å². The summed E-state index contributed by atoms with van der Waals surface area (Å²) in [7, 11) is 0. The third kappa shape index (κ3) is 22.5. The largest absolute Gasteiger partial charge is 0.462 e. The summed E-state index contributed by atoms with van der Waals surface area (Å²) in [5.41, 5.74) is 21.4. The van der Waals surface area contributed by atoms with Gasteiger partial charge in [-0.3, -0.25) is 14.4 Å². The summed E-state index contributed by atoms with van der Waals surface area (Å²) in [5.74, 6) is -0.880. The minimum atomic E-state index is -0.367. The van der Waals surface area contributed by atoms with Crippen molar-refractivity contribution >= 4 is 130 Å². The summed E-state index contributed by atoms with van der Waals surface area (Å²) in [6, 6.07) is 49.1. The Morgan fingerprint density at radius 2 is 0.854 bits per heavy atom. The zero-order chi connectivity index (χ0) is 60.2. The van der Waals surface area contributed by atoms with Crippen LogP contribution < -0.4 is 27.8 Å². The Morgan fingerprint density at radius 3 is 1.15 bits per heavy atom. The number of nitriles is 2. The molecule has 8 rings (SSSR count). The van der Waals surface area contributed by atoms with Gasteiger partial charge in [-0.05, 0) is 106 Å². The zero-order valence-corrected chi connectivity index (χ0v) is 48.7. The fraction of sp³-hybridized carbons (Fsp3) is 0.136. The number of hydrogen-bond donors (Lipinski definition) is 5. The van der Waals surface area contributed by atoms with E-state index in [1.165, 1.54) is 35.8 Å². The molecule has 0 aliphatic carbocycles. The van der Waals surface area contributed by atoms with Crippen molar-refractivity contribution in [2.45, 2.75) is 27.7 Å². The highest BCUT2D eigenvalue weighted by atomic mass is 79.9. The van der Waals surface area contributed by atoms with Crippen LogP contribution in [-0.2, 0) is 14.2 Å². The molecule has 0 radical (unpaired) electrons. The lowest BCUT2D eigenvalue weighted by molar-refractivity contribution is 0.0517. The quantitative estimate of drug-likeness (QED) is 0.00826. The van der Waals surface area contributed by atoms with E-state index in [0.717, 1.165) is 16.9 Å². The minimum Gasteiger partial charge on any atom is -0.462 e. The van der Waals surface area contributed by atoms with Gasteiger partial charge in [0, 0.05) is 35.0 Å². The van der Waals surface area contributed by atoms with Crippen molar-refractivity contribution in [3.8, 4) is 12.3 Å². The fourth-order valence-electron chi connectivity index (χ4n) is 6.23. The zero-order valence-electron chi connectivity index (χ0n) is 44.7. The van der Waals surface area contributed by atoms with Crippen molar-refractivity contribution in [3.63, 3.8) is 0 Å². The van der Waals surface area contributed by atoms with Crippen LogP contribution in [0.4, 0.5) is 39.0 Å². The number of thiazole rings is 2. The van der Waals surface area contributed by atoms with Gasteiger partial charge in [-0.15, -0.1) is 0 Å². The molecule has 0 atom stereocenters. The lowest BCUT2D eigenvalue weighted by atomic mass is 10.1. The van der Waals surface area contributed by atoms with Crippen molar-refractivity contribution in [3.05, 3.63) is 207 Å². The molecule has 2 heterocycles. The molecule has 2 aromatic heterocycles. The monoisotopic (exact) mass is 1220 g/mol. The number of isothiocyanates is 1. The number of ether oxygens (including phenoxy) is 3. The van der Waals surface area contributed by atoms with Gasteiger partial charge in [-0.2, -0.15) is 15.5 Å². The SMILES string of the molecule is CC#N.CCOC(=O)c1ccc(N=C=S)cc1.CCOC(=O)c1ccc(Nc2nc(N)c(C(=O)c3ccccc3)s2)cc1.CCOC(=O)c1ccc(Nc2nc(N)c(C(=O)c3ccccc3)s2)cc1.N#CN.O=C(CBr)c1ccccc1. The van der Waals surface area contributed by atoms with Crippen molar-refractivity contribution in [1.82, 2.24) is 9.97 Å². The molecule has 0 fully saturated rings. The van der Waals surface area contributed by atoms with E-state index in [-0.39, 0.29) is 46.9 Å². The van der Waals surface area contributed by atoms with E-state index in [1.807, 2.05) is 42.5 Å². The molecule has 23 heteroatoms. The lowest BCUT2D eigenvalue weighted by Crippen LogP contribution is -2.04. The van der Waals surface area contributed by atoms with Crippen molar-refractivity contribution in [1.29, 1.82) is 10.5 Å². The van der Waals surface area contributed by atoms with E-state index in [0.29, 0.717) is 78.7 Å². The van der Waals surface area contributed by atoms with Crippen molar-refractivity contribution in [2.24, 2.45) is 10.7 Å². The van der Waals surface area contributed by atoms with Crippen LogP contribution in [0.5, 0.6) is 0 Å². The average Bonchev–Trinajstić information content (AvgIpc) is 4.06. The standard InChI is InChI=1S/2C19H17N3O3S.C10H9NO2S.C8H7BrO.C2H3N.CH2N2/c2*1-2-25-18(24)13-8-10-14(11-9-13)21-19-22-17(20)16(26-19)15(23)12-6-4-3-5-7-12;1-2-13-10(12)8-3-5-9(6-4-8)11-7-14;9-6-8(10)7-4-2-1-3-5-7;1-2-3;2-1-3/h2*3-11H,2,20H2,1H3,(H,21,22);3-6H,2H2,1H3;1-5H,6H2;1H3;2H2. The Bertz CT molecular complexity index is 3290. The van der Waals surface area contributed by atoms with Crippen LogP contribution in [0, 0.1) is 22.8 Å². The molecule has 0 spiro atoms. The molecule has 0 saturated heterocycles. The van der Waals surface area contributed by atoms with Gasteiger partial charge in [-0.25, -0.2) is 24.4 Å². The third-order valence-electron chi connectivity index (χ3n) is 9.86. The van der Waals surface area contributed by atoms with E-state index in [2.05, 4.69) is 64.6 Å². The number of hydrogen-bond acceptors (Lipinski definition) is 22. The highest BCUT2D eigenvalue weighted by molar-refractivity contribution is 9.09. The molecule has 8 aromatic rings. The fourth-order valence-corrected chi connectivity index (χ4v) is 8.40. The molecule has 420 valence electrons. The second-order valence-electron chi connectivity index (χ2n) is 15.4. The normalized spacial score (nSPS) is 9.40. The molecular formula is C59H55BrN10O9S3. The topological polar surface area (TPSA) is 318 Å². The van der Waals surface area contributed by atoms with Crippen LogP contribution in [-0.4, -0.2) is 75.5 Å². The number of aromatic nitrogens is 2. The number of esters is 3. The van der Waals surface area contributed by atoms with Gasteiger partial charge in [0.25, 0.3) is 0 Å². The molecular weight excluding hydrogens is 1170 g/mol. The van der Waals surface area contributed by atoms with E-state index in [1.54, 1.807) is 148 Å². The number of rotatable bonds is 17. The van der Waals surface area contributed by atoms with Crippen LogP contribution in [0.3, 0.4) is 0 Å². The highest BCUT2D eigenvalue weighted by Gasteiger charge is 2.20. The number of nitrogens with one attached hydrogen (secondary N) is 2. The summed E-state index contributed by atoms with van der Waals surface area (Å²) < 4.78 is 14.7. The lowest BCUT2D eigenvalue weighted by Gasteiger charge is -2.04. The number of thiocarbonyl (C=S) groups is 1. The molecule has 6 aromatic carbocycles. The first-order valence-corrected chi connectivity index (χ1v) is 27.5. The van der Waals surface area contributed by atoms with E-state index in [4.69, 9.17) is 36.2 Å². The van der Waals surface area contributed by atoms with E-state index < -0.39 is 0 Å². The number of aliphatic imine (C=N–C) groups is 1. The van der Waals surface area contributed by atoms with Gasteiger partial charge >= 0.3 is 17.9 Å². The molecule has 0 saturated carbocycles. The molecule has 0 aliphatic heterocycles. The number of nitrogen functional groups attached to an aromatic ring is 2. The Labute approximate surface area is 495 Å². The first-order valence-electron chi connectivity index (χ1n) is 24.3. The molecule has 19 nitrogen and oxygen atoms in total. The van der Waals surface area contributed by atoms with Gasteiger partial charge in [0.15, 0.2) is 22.2 Å². The Hall–Kier alpha value is -9.74. The molecule has 0 unspecified atom stereocenters. The number of alkyl halides is 1. The van der Waals surface area contributed by atoms with Crippen LogP contribution in [0.1, 0.15) is 99.6 Å². The Morgan fingerprint density at radius 1 is 0.549 bits per heavy atom. The summed E-state index contributed by atoms with van der Waals surface area (Å²) in [4.78, 5) is 83.5. The van der Waals surface area contributed by atoms with Crippen molar-refractivity contribution < 1.29 is 43.0 Å². The van der Waals surface area contributed by atoms with Crippen LogP contribution >= 0.6 is 50.8 Å². The van der Waals surface area contributed by atoms with Gasteiger partial charge in [0.2, 0.25) is 11.6 Å².